The number of hydrogen-bond donors (Lipinski definition) is 2. The number of aryl methyl sites for hydroxylation is 1. The molecule has 0 aromatic heterocycles. The predicted molar refractivity (Wildman–Crippen MR) is 96.5 cm³/mol. The molecule has 0 saturated carbocycles. The third-order valence-corrected chi connectivity index (χ3v) is 5.07. The Hall–Kier alpha value is -1.63. The van der Waals surface area contributed by atoms with Crippen molar-refractivity contribution in [1.82, 2.24) is 15.5 Å². The first-order valence-corrected chi connectivity index (χ1v) is 9.19. The molecule has 0 radical (unpaired) electrons. The van der Waals surface area contributed by atoms with Gasteiger partial charge in [-0.2, -0.15) is 0 Å². The normalized spacial score (nSPS) is 22.5. The van der Waals surface area contributed by atoms with Gasteiger partial charge in [-0.25, -0.2) is 4.79 Å². The molecule has 6 heteroatoms. The smallest absolute Gasteiger partial charge is 0.315 e. The van der Waals surface area contributed by atoms with E-state index in [0.717, 1.165) is 51.5 Å². The number of benzene rings is 1. The molecule has 2 aliphatic rings. The van der Waals surface area contributed by atoms with E-state index in [1.54, 1.807) is 0 Å². The molecule has 2 unspecified atom stereocenters. The number of morpholine rings is 1. The number of ether oxygens (including phenoxy) is 2. The van der Waals surface area contributed by atoms with Crippen molar-refractivity contribution in [1.29, 1.82) is 0 Å². The Bertz CT molecular complexity index is 537. The van der Waals surface area contributed by atoms with Crippen molar-refractivity contribution in [3.8, 4) is 0 Å². The number of nitrogens with zero attached hydrogens (tertiary/aromatic N) is 1. The summed E-state index contributed by atoms with van der Waals surface area (Å²) in [5.41, 5.74) is 2.33. The van der Waals surface area contributed by atoms with E-state index in [1.807, 2.05) is 12.1 Å². The Morgan fingerprint density at radius 3 is 2.60 bits per heavy atom. The fraction of sp³-hybridized carbons (Fsp3) is 0.632. The molecule has 0 bridgehead atoms. The van der Waals surface area contributed by atoms with Gasteiger partial charge in [0.25, 0.3) is 0 Å². The second-order valence-corrected chi connectivity index (χ2v) is 6.89. The molecule has 25 heavy (non-hydrogen) atoms. The van der Waals surface area contributed by atoms with Crippen LogP contribution in [0.3, 0.4) is 0 Å². The van der Waals surface area contributed by atoms with Crippen LogP contribution in [0.1, 0.15) is 17.5 Å². The Morgan fingerprint density at radius 1 is 1.16 bits per heavy atom. The minimum absolute atomic E-state index is 0.113. The highest BCUT2D eigenvalue weighted by Gasteiger charge is 2.31. The maximum atomic E-state index is 12.2. The number of carbonyl (C=O) groups is 1. The maximum absolute atomic E-state index is 12.2. The van der Waals surface area contributed by atoms with E-state index in [9.17, 15) is 4.79 Å². The van der Waals surface area contributed by atoms with Gasteiger partial charge in [-0.3, -0.25) is 4.90 Å². The third-order valence-electron chi connectivity index (χ3n) is 5.07. The summed E-state index contributed by atoms with van der Waals surface area (Å²) in [5.74, 6) is 0.482. The van der Waals surface area contributed by atoms with Gasteiger partial charge in [0.15, 0.2) is 0 Å². The highest BCUT2D eigenvalue weighted by atomic mass is 16.5. The first-order valence-electron chi connectivity index (χ1n) is 9.19. The van der Waals surface area contributed by atoms with Crippen molar-refractivity contribution in [3.05, 3.63) is 35.4 Å². The van der Waals surface area contributed by atoms with Gasteiger partial charge in [-0.05, 0) is 18.9 Å². The van der Waals surface area contributed by atoms with Crippen molar-refractivity contribution in [2.45, 2.75) is 25.9 Å². The van der Waals surface area contributed by atoms with Crippen LogP contribution in [-0.2, 0) is 16.0 Å². The van der Waals surface area contributed by atoms with Crippen molar-refractivity contribution in [2.24, 2.45) is 5.92 Å². The van der Waals surface area contributed by atoms with Gasteiger partial charge in [0, 0.05) is 44.7 Å². The fourth-order valence-electron chi connectivity index (χ4n) is 3.51. The number of amides is 2. The molecule has 6 nitrogen and oxygen atoms in total. The van der Waals surface area contributed by atoms with Crippen LogP contribution in [0.2, 0.25) is 0 Å². The lowest BCUT2D eigenvalue weighted by Gasteiger charge is -2.37. The van der Waals surface area contributed by atoms with Crippen LogP contribution in [0.25, 0.3) is 0 Å². The maximum Gasteiger partial charge on any atom is 0.315 e. The Balaban J connectivity index is 1.47. The van der Waals surface area contributed by atoms with Gasteiger partial charge in [-0.1, -0.05) is 29.8 Å². The lowest BCUT2D eigenvalue weighted by atomic mass is 9.97. The molecule has 0 aliphatic carbocycles. The molecule has 2 saturated heterocycles. The van der Waals surface area contributed by atoms with E-state index >= 15 is 0 Å². The van der Waals surface area contributed by atoms with Crippen LogP contribution in [-0.4, -0.2) is 63.0 Å². The lowest BCUT2D eigenvalue weighted by molar-refractivity contribution is 0.00212. The number of urea groups is 1. The molecule has 2 fully saturated rings. The van der Waals surface area contributed by atoms with Crippen LogP contribution in [0.5, 0.6) is 0 Å². The second-order valence-electron chi connectivity index (χ2n) is 6.89. The van der Waals surface area contributed by atoms with Crippen LogP contribution in [0.15, 0.2) is 24.3 Å². The first-order chi connectivity index (χ1) is 12.2. The molecule has 2 N–H and O–H groups in total. The minimum atomic E-state index is -0.113. The van der Waals surface area contributed by atoms with Crippen molar-refractivity contribution < 1.29 is 14.3 Å². The average Bonchev–Trinajstić information content (AvgIpc) is 3.17. The molecule has 1 aromatic rings. The van der Waals surface area contributed by atoms with Gasteiger partial charge in [0.05, 0.1) is 19.8 Å². The van der Waals surface area contributed by atoms with Crippen molar-refractivity contribution >= 4 is 6.03 Å². The van der Waals surface area contributed by atoms with E-state index in [1.165, 1.54) is 5.56 Å². The minimum Gasteiger partial charge on any atom is -0.381 e. The summed E-state index contributed by atoms with van der Waals surface area (Å²) in [6, 6.07) is 8.41. The highest BCUT2D eigenvalue weighted by molar-refractivity contribution is 5.73. The zero-order chi connectivity index (χ0) is 17.5. The monoisotopic (exact) mass is 347 g/mol. The molecule has 1 aromatic carbocycles. The van der Waals surface area contributed by atoms with Gasteiger partial charge in [0.1, 0.15) is 0 Å². The second kappa shape index (κ2) is 9.17. The summed E-state index contributed by atoms with van der Waals surface area (Å²) >= 11 is 0. The average molecular weight is 347 g/mol. The summed E-state index contributed by atoms with van der Waals surface area (Å²) in [4.78, 5) is 14.6. The van der Waals surface area contributed by atoms with Crippen molar-refractivity contribution in [3.63, 3.8) is 0 Å². The standard InChI is InChI=1S/C19H29N3O3/c1-15-2-4-16(5-3-15)12-20-19(23)21-13-18(17-6-9-25-14-17)22-7-10-24-11-8-22/h2-5,17-18H,6-14H2,1H3,(H2,20,21,23). The van der Waals surface area contributed by atoms with Crippen LogP contribution in [0, 0.1) is 12.8 Å². The summed E-state index contributed by atoms with van der Waals surface area (Å²) in [6.45, 7) is 8.24. The predicted octanol–water partition coefficient (Wildman–Crippen LogP) is 1.53. The molecular weight excluding hydrogens is 318 g/mol. The molecule has 2 heterocycles. The van der Waals surface area contributed by atoms with Gasteiger partial charge in [0.2, 0.25) is 0 Å². The summed E-state index contributed by atoms with van der Waals surface area (Å²) in [6.07, 6.45) is 1.06. The van der Waals surface area contributed by atoms with E-state index in [0.29, 0.717) is 25.0 Å². The molecule has 138 valence electrons. The Labute approximate surface area is 149 Å². The number of rotatable bonds is 6. The summed E-state index contributed by atoms with van der Waals surface area (Å²) in [7, 11) is 0. The molecule has 0 spiro atoms. The van der Waals surface area contributed by atoms with Crippen LogP contribution >= 0.6 is 0 Å². The number of hydrogen-bond acceptors (Lipinski definition) is 4. The van der Waals surface area contributed by atoms with Crippen LogP contribution in [0.4, 0.5) is 4.79 Å². The Morgan fingerprint density at radius 2 is 1.92 bits per heavy atom. The number of nitrogens with one attached hydrogen (secondary N) is 2. The molecular formula is C19H29N3O3. The zero-order valence-electron chi connectivity index (χ0n) is 15.0. The highest BCUT2D eigenvalue weighted by Crippen LogP contribution is 2.21. The SMILES string of the molecule is Cc1ccc(CNC(=O)NCC(C2CCOC2)N2CCOCC2)cc1. The van der Waals surface area contributed by atoms with E-state index < -0.39 is 0 Å². The van der Waals surface area contributed by atoms with Gasteiger partial charge < -0.3 is 20.1 Å². The van der Waals surface area contributed by atoms with Crippen molar-refractivity contribution in [2.75, 3.05) is 46.1 Å². The third kappa shape index (κ3) is 5.42. The van der Waals surface area contributed by atoms with E-state index in [2.05, 4.69) is 34.6 Å². The molecule has 2 atom stereocenters. The topological polar surface area (TPSA) is 62.8 Å². The number of carbonyl (C=O) groups excluding carboxylic acids is 1. The van der Waals surface area contributed by atoms with Gasteiger partial charge >= 0.3 is 6.03 Å². The lowest BCUT2D eigenvalue weighted by Crippen LogP contribution is -2.53. The van der Waals surface area contributed by atoms with Gasteiger partial charge in [-0.15, -0.1) is 0 Å². The summed E-state index contributed by atoms with van der Waals surface area (Å²) < 4.78 is 11.0. The van der Waals surface area contributed by atoms with Crippen LogP contribution < -0.4 is 10.6 Å². The molecule has 2 amide bonds. The largest absolute Gasteiger partial charge is 0.381 e. The molecule has 2 aliphatic heterocycles. The fourth-order valence-corrected chi connectivity index (χ4v) is 3.51. The first kappa shape index (κ1) is 18.2. The zero-order valence-corrected chi connectivity index (χ0v) is 15.0. The molecule has 3 rings (SSSR count). The van der Waals surface area contributed by atoms with E-state index in [-0.39, 0.29) is 6.03 Å². The Kier molecular flexibility index (Phi) is 6.67. The quantitative estimate of drug-likeness (QED) is 0.819. The summed E-state index contributed by atoms with van der Waals surface area (Å²) in [5, 5.41) is 5.99. The van der Waals surface area contributed by atoms with E-state index in [4.69, 9.17) is 9.47 Å².